The van der Waals surface area contributed by atoms with E-state index in [1.807, 2.05) is 0 Å². The molecule has 0 saturated carbocycles. The predicted octanol–water partition coefficient (Wildman–Crippen LogP) is 4.30. The molecule has 0 atom stereocenters. The Kier molecular flexibility index (Phi) is 8.70. The van der Waals surface area contributed by atoms with E-state index in [0.717, 1.165) is 62.6 Å². The van der Waals surface area contributed by atoms with Gasteiger partial charge in [-0.15, -0.1) is 0 Å². The van der Waals surface area contributed by atoms with Crippen LogP contribution in [0.15, 0.2) is 24.3 Å². The average molecular weight is 437 g/mol. The van der Waals surface area contributed by atoms with E-state index in [0.29, 0.717) is 6.42 Å². The summed E-state index contributed by atoms with van der Waals surface area (Å²) in [5.74, 6) is -0.0298. The van der Waals surface area contributed by atoms with Crippen molar-refractivity contribution in [2.24, 2.45) is 0 Å². The Balaban J connectivity index is 1.46. The van der Waals surface area contributed by atoms with Crippen LogP contribution in [0.5, 0.6) is 0 Å². The number of unbranched alkanes of at least 4 members (excludes halogenated alkanes) is 5. The van der Waals surface area contributed by atoms with Gasteiger partial charge in [-0.25, -0.2) is 4.57 Å². The zero-order valence-electron chi connectivity index (χ0n) is 16.1. The van der Waals surface area contributed by atoms with Gasteiger partial charge in [0.15, 0.2) is 0 Å². The summed E-state index contributed by atoms with van der Waals surface area (Å²) in [6.45, 7) is 0.432. The third kappa shape index (κ3) is 8.86. The van der Waals surface area contributed by atoms with Crippen molar-refractivity contribution in [1.82, 2.24) is 4.90 Å². The van der Waals surface area contributed by atoms with Gasteiger partial charge < -0.3 is 14.7 Å². The molecule has 1 aromatic carbocycles. The molecule has 29 heavy (non-hydrogen) atoms. The lowest BCUT2D eigenvalue weighted by Crippen LogP contribution is -2.54. The molecule has 0 spiro atoms. The molecule has 1 aromatic rings. The normalized spacial score (nSPS) is 15.4. The van der Waals surface area contributed by atoms with E-state index < -0.39 is 25.7 Å². The van der Waals surface area contributed by atoms with Crippen LogP contribution in [-0.2, 0) is 26.5 Å². The zero-order chi connectivity index (χ0) is 21.5. The van der Waals surface area contributed by atoms with E-state index in [2.05, 4.69) is 4.52 Å². The fourth-order valence-electron chi connectivity index (χ4n) is 3.23. The average Bonchev–Trinajstić information content (AvgIpc) is 2.58. The first-order chi connectivity index (χ1) is 13.5. The maximum Gasteiger partial charge on any atom is 0.469 e. The first-order valence-corrected chi connectivity index (χ1v) is 11.3. The summed E-state index contributed by atoms with van der Waals surface area (Å²) in [5.41, 5.74) is 0.276. The molecule has 1 fully saturated rings. The minimum atomic E-state index is -4.50. The Morgan fingerprint density at radius 3 is 2.14 bits per heavy atom. The molecule has 0 aromatic heterocycles. The van der Waals surface area contributed by atoms with Gasteiger partial charge in [-0.2, -0.15) is 13.2 Å². The summed E-state index contributed by atoms with van der Waals surface area (Å²) >= 11 is 0. The van der Waals surface area contributed by atoms with Crippen LogP contribution < -0.4 is 0 Å². The molecule has 1 heterocycles. The number of hydrogen-bond donors (Lipinski definition) is 2. The Morgan fingerprint density at radius 2 is 1.59 bits per heavy atom. The van der Waals surface area contributed by atoms with Crippen LogP contribution in [0.3, 0.4) is 0 Å². The minimum Gasteiger partial charge on any atom is -0.337 e. The summed E-state index contributed by atoms with van der Waals surface area (Å²) in [4.78, 5) is 30.8. The number of aryl methyl sites for hydroxylation is 1. The zero-order valence-corrected chi connectivity index (χ0v) is 17.0. The molecule has 0 radical (unpaired) electrons. The van der Waals surface area contributed by atoms with Crippen molar-refractivity contribution in [3.8, 4) is 0 Å². The van der Waals surface area contributed by atoms with Crippen molar-refractivity contribution >= 4 is 13.7 Å². The van der Waals surface area contributed by atoms with Crippen LogP contribution in [0.4, 0.5) is 13.2 Å². The number of alkyl halides is 3. The Labute approximate surface area is 168 Å². The molecule has 1 saturated heterocycles. The summed E-state index contributed by atoms with van der Waals surface area (Å²) in [7, 11) is -4.50. The highest BCUT2D eigenvalue weighted by Gasteiger charge is 2.35. The molecule has 0 aliphatic carbocycles. The standard InChI is InChI=1S/C19H27F3NO5P/c20-19(21,22)16-11-9-15(10-12-16)7-5-3-1-2-4-6-8-18(24)23-13-17(14-23)28-29(25,26)27/h9-12,17H,1-8,13-14H2,(H2,25,26,27). The molecule has 0 bridgehead atoms. The Bertz CT molecular complexity index is 699. The van der Waals surface area contributed by atoms with E-state index in [1.54, 1.807) is 0 Å². The molecule has 6 nitrogen and oxygen atoms in total. The van der Waals surface area contributed by atoms with Gasteiger partial charge in [-0.05, 0) is 37.0 Å². The molecule has 2 rings (SSSR count). The molecule has 0 unspecified atom stereocenters. The topological polar surface area (TPSA) is 87.1 Å². The number of phosphoric acid groups is 1. The fraction of sp³-hybridized carbons (Fsp3) is 0.632. The summed E-state index contributed by atoms with van der Waals surface area (Å²) in [6, 6.07) is 5.29. The molecular formula is C19H27F3NO5P. The number of rotatable bonds is 11. The van der Waals surface area contributed by atoms with E-state index >= 15 is 0 Å². The van der Waals surface area contributed by atoms with Gasteiger partial charge in [0.2, 0.25) is 5.91 Å². The van der Waals surface area contributed by atoms with E-state index in [-0.39, 0.29) is 19.0 Å². The molecular weight excluding hydrogens is 410 g/mol. The van der Waals surface area contributed by atoms with E-state index in [9.17, 15) is 22.5 Å². The number of nitrogens with zero attached hydrogens (tertiary/aromatic N) is 1. The summed E-state index contributed by atoms with van der Waals surface area (Å²) in [6.07, 6.45) is 1.86. The lowest BCUT2D eigenvalue weighted by atomic mass is 10.0. The number of hydrogen-bond acceptors (Lipinski definition) is 3. The smallest absolute Gasteiger partial charge is 0.337 e. The Hall–Kier alpha value is -1.41. The lowest BCUT2D eigenvalue weighted by Gasteiger charge is -2.38. The predicted molar refractivity (Wildman–Crippen MR) is 101 cm³/mol. The SMILES string of the molecule is O=C(CCCCCCCCc1ccc(C(F)(F)F)cc1)N1CC(OP(=O)(O)O)C1. The van der Waals surface area contributed by atoms with Crippen molar-refractivity contribution in [2.75, 3.05) is 13.1 Å². The maximum absolute atomic E-state index is 12.5. The number of carbonyl (C=O) groups excluding carboxylic acids is 1. The van der Waals surface area contributed by atoms with E-state index in [1.165, 1.54) is 17.0 Å². The number of amides is 1. The maximum atomic E-state index is 12.5. The molecule has 10 heteroatoms. The number of halogens is 3. The van der Waals surface area contributed by atoms with Crippen molar-refractivity contribution < 1.29 is 36.8 Å². The van der Waals surface area contributed by atoms with Gasteiger partial charge in [0, 0.05) is 19.5 Å². The third-order valence-electron chi connectivity index (χ3n) is 4.87. The highest BCUT2D eigenvalue weighted by molar-refractivity contribution is 7.46. The van der Waals surface area contributed by atoms with Crippen molar-refractivity contribution in [1.29, 1.82) is 0 Å². The molecule has 1 aliphatic rings. The lowest BCUT2D eigenvalue weighted by molar-refractivity contribution is -0.141. The van der Waals surface area contributed by atoms with Crippen LogP contribution in [0.25, 0.3) is 0 Å². The van der Waals surface area contributed by atoms with Crippen LogP contribution >= 0.6 is 7.82 Å². The number of phosphoric ester groups is 1. The summed E-state index contributed by atoms with van der Waals surface area (Å²) < 4.78 is 52.7. The molecule has 1 amide bonds. The van der Waals surface area contributed by atoms with Crippen LogP contribution in [0.2, 0.25) is 0 Å². The minimum absolute atomic E-state index is 0.0298. The second-order valence-electron chi connectivity index (χ2n) is 7.33. The van der Waals surface area contributed by atoms with Crippen molar-refractivity contribution in [2.45, 2.75) is 63.6 Å². The van der Waals surface area contributed by atoms with Crippen LogP contribution in [-0.4, -0.2) is 39.8 Å². The van der Waals surface area contributed by atoms with E-state index in [4.69, 9.17) is 9.79 Å². The molecule has 164 valence electrons. The van der Waals surface area contributed by atoms with Gasteiger partial charge in [-0.3, -0.25) is 9.32 Å². The molecule has 1 aliphatic heterocycles. The molecule has 2 N–H and O–H groups in total. The quantitative estimate of drug-likeness (QED) is 0.398. The van der Waals surface area contributed by atoms with Gasteiger partial charge in [0.1, 0.15) is 6.10 Å². The third-order valence-corrected chi connectivity index (χ3v) is 5.45. The highest BCUT2D eigenvalue weighted by Crippen LogP contribution is 2.39. The second kappa shape index (κ2) is 10.6. The summed E-state index contributed by atoms with van der Waals surface area (Å²) in [5, 5.41) is 0. The number of likely N-dealkylation sites (tertiary alicyclic amines) is 1. The van der Waals surface area contributed by atoms with Crippen LogP contribution in [0.1, 0.15) is 56.1 Å². The highest BCUT2D eigenvalue weighted by atomic mass is 31.2. The largest absolute Gasteiger partial charge is 0.469 e. The second-order valence-corrected chi connectivity index (χ2v) is 8.52. The Morgan fingerprint density at radius 1 is 1.03 bits per heavy atom. The van der Waals surface area contributed by atoms with Crippen LogP contribution in [0, 0.1) is 0 Å². The fourth-order valence-corrected chi connectivity index (χ4v) is 3.76. The first-order valence-electron chi connectivity index (χ1n) is 9.72. The van der Waals surface area contributed by atoms with Gasteiger partial charge in [0.05, 0.1) is 5.56 Å². The van der Waals surface area contributed by atoms with Gasteiger partial charge in [0.25, 0.3) is 0 Å². The number of benzene rings is 1. The first kappa shape index (κ1) is 23.9. The van der Waals surface area contributed by atoms with Crippen molar-refractivity contribution in [3.63, 3.8) is 0 Å². The van der Waals surface area contributed by atoms with Gasteiger partial charge >= 0.3 is 14.0 Å². The monoisotopic (exact) mass is 437 g/mol. The number of carbonyl (C=O) groups is 1. The van der Waals surface area contributed by atoms with Gasteiger partial charge in [-0.1, -0.05) is 37.8 Å². The van der Waals surface area contributed by atoms with Crippen molar-refractivity contribution in [3.05, 3.63) is 35.4 Å².